The number of esters is 1. The van der Waals surface area contributed by atoms with Gasteiger partial charge in [-0.25, -0.2) is 0 Å². The molecule has 1 N–H and O–H groups in total. The summed E-state index contributed by atoms with van der Waals surface area (Å²) in [6.07, 6.45) is 0. The highest BCUT2D eigenvalue weighted by Crippen LogP contribution is 2.38. The fourth-order valence-corrected chi connectivity index (χ4v) is 2.88. The van der Waals surface area contributed by atoms with Crippen LogP contribution in [0.15, 0.2) is 36.4 Å². The normalized spacial score (nSPS) is 10.8. The summed E-state index contributed by atoms with van der Waals surface area (Å²) in [6.45, 7) is 6.42. The minimum absolute atomic E-state index is 0.0694. The van der Waals surface area contributed by atoms with Gasteiger partial charge in [0, 0.05) is 5.56 Å². The van der Waals surface area contributed by atoms with Gasteiger partial charge in [-0.1, -0.05) is 32.9 Å². The molecule has 0 spiro atoms. The van der Waals surface area contributed by atoms with Gasteiger partial charge in [-0.05, 0) is 35.2 Å². The van der Waals surface area contributed by atoms with Crippen LogP contribution in [0.1, 0.15) is 36.7 Å². The van der Waals surface area contributed by atoms with Gasteiger partial charge in [0.1, 0.15) is 25.5 Å². The van der Waals surface area contributed by atoms with Crippen LogP contribution in [-0.2, 0) is 14.9 Å². The summed E-state index contributed by atoms with van der Waals surface area (Å²) in [5.41, 5.74) is 1.54. The van der Waals surface area contributed by atoms with E-state index in [9.17, 15) is 9.59 Å². The molecule has 2 aromatic rings. The van der Waals surface area contributed by atoms with E-state index < -0.39 is 11.9 Å². The minimum Gasteiger partial charge on any atom is -0.493 e. The van der Waals surface area contributed by atoms with E-state index in [4.69, 9.17) is 23.7 Å². The molecule has 0 aliphatic rings. The molecule has 0 bridgehead atoms. The van der Waals surface area contributed by atoms with E-state index in [1.165, 1.54) is 39.0 Å². The summed E-state index contributed by atoms with van der Waals surface area (Å²) in [7, 11) is 4.38. The average molecular weight is 446 g/mol. The molecule has 0 saturated heterocycles. The third kappa shape index (κ3) is 6.80. The van der Waals surface area contributed by atoms with E-state index in [0.717, 1.165) is 0 Å². The van der Waals surface area contributed by atoms with Crippen molar-refractivity contribution in [1.82, 2.24) is 5.32 Å². The van der Waals surface area contributed by atoms with Crippen LogP contribution in [0.5, 0.6) is 23.0 Å². The van der Waals surface area contributed by atoms with E-state index >= 15 is 0 Å². The average Bonchev–Trinajstić information content (AvgIpc) is 2.78. The molecule has 0 heterocycles. The summed E-state index contributed by atoms with van der Waals surface area (Å²) < 4.78 is 26.4. The van der Waals surface area contributed by atoms with Crippen LogP contribution in [-0.4, -0.2) is 53.0 Å². The van der Waals surface area contributed by atoms with Gasteiger partial charge in [0.25, 0.3) is 5.91 Å². The van der Waals surface area contributed by atoms with Gasteiger partial charge in [-0.2, -0.15) is 0 Å². The molecule has 8 nitrogen and oxygen atoms in total. The Kier molecular flexibility index (Phi) is 8.75. The summed E-state index contributed by atoms with van der Waals surface area (Å²) >= 11 is 0. The van der Waals surface area contributed by atoms with Gasteiger partial charge in [-0.15, -0.1) is 0 Å². The Morgan fingerprint density at radius 2 is 1.47 bits per heavy atom. The predicted octanol–water partition coefficient (Wildman–Crippen LogP) is 3.36. The van der Waals surface area contributed by atoms with E-state index in [1.807, 2.05) is 24.3 Å². The molecule has 0 unspecified atom stereocenters. The zero-order valence-corrected chi connectivity index (χ0v) is 19.4. The molecule has 2 rings (SSSR count). The second-order valence-electron chi connectivity index (χ2n) is 7.94. The number of rotatable bonds is 10. The lowest BCUT2D eigenvalue weighted by Gasteiger charge is -2.19. The van der Waals surface area contributed by atoms with Crippen molar-refractivity contribution in [3.63, 3.8) is 0 Å². The Labute approximate surface area is 188 Å². The fraction of sp³-hybridized carbons (Fsp3) is 0.417. The van der Waals surface area contributed by atoms with Gasteiger partial charge in [0.15, 0.2) is 11.5 Å². The maximum Gasteiger partial charge on any atom is 0.325 e. The highest BCUT2D eigenvalue weighted by atomic mass is 16.6. The number of amides is 1. The maximum atomic E-state index is 12.4. The summed E-state index contributed by atoms with van der Waals surface area (Å²) in [5, 5.41) is 2.51. The molecule has 32 heavy (non-hydrogen) atoms. The lowest BCUT2D eigenvalue weighted by molar-refractivity contribution is -0.143. The SMILES string of the molecule is COc1cc(C(=O)NCC(=O)OCCOc2ccc(C(C)(C)C)cc2)cc(OC)c1OC. The first-order valence-electron chi connectivity index (χ1n) is 10.2. The summed E-state index contributed by atoms with van der Waals surface area (Å²) in [4.78, 5) is 24.3. The van der Waals surface area contributed by atoms with Crippen LogP contribution < -0.4 is 24.3 Å². The molecule has 0 fully saturated rings. The molecule has 8 heteroatoms. The standard InChI is InChI=1S/C24H31NO7/c1-24(2,3)17-7-9-18(10-8-17)31-11-12-32-21(26)15-25-23(27)16-13-19(28-4)22(30-6)20(14-16)29-5/h7-10,13-14H,11-12,15H2,1-6H3,(H,25,27). The number of benzene rings is 2. The molecule has 1 amide bonds. The first-order chi connectivity index (χ1) is 15.2. The molecule has 174 valence electrons. The first-order valence-corrected chi connectivity index (χ1v) is 10.2. The van der Waals surface area contributed by atoms with Gasteiger partial charge in [0.2, 0.25) is 5.75 Å². The second-order valence-corrected chi connectivity index (χ2v) is 7.94. The van der Waals surface area contributed by atoms with Crippen molar-refractivity contribution >= 4 is 11.9 Å². The van der Waals surface area contributed by atoms with E-state index in [0.29, 0.717) is 23.0 Å². The van der Waals surface area contributed by atoms with Crippen LogP contribution in [0.2, 0.25) is 0 Å². The zero-order chi connectivity index (χ0) is 23.7. The Bertz CT molecular complexity index is 892. The molecule has 0 aliphatic carbocycles. The number of ether oxygens (including phenoxy) is 5. The number of hydrogen-bond acceptors (Lipinski definition) is 7. The fourth-order valence-electron chi connectivity index (χ4n) is 2.88. The summed E-state index contributed by atoms with van der Waals surface area (Å²) in [5.74, 6) is 0.706. The second kappa shape index (κ2) is 11.3. The Morgan fingerprint density at radius 1 is 0.875 bits per heavy atom. The van der Waals surface area contributed by atoms with Crippen molar-refractivity contribution < 1.29 is 33.3 Å². The Morgan fingerprint density at radius 3 is 1.97 bits per heavy atom. The smallest absolute Gasteiger partial charge is 0.325 e. The Hall–Kier alpha value is -3.42. The number of hydrogen-bond donors (Lipinski definition) is 1. The molecular weight excluding hydrogens is 414 g/mol. The van der Waals surface area contributed by atoms with Gasteiger partial charge < -0.3 is 29.0 Å². The van der Waals surface area contributed by atoms with Crippen LogP contribution in [0, 0.1) is 0 Å². The number of carbonyl (C=O) groups is 2. The van der Waals surface area contributed by atoms with Crippen LogP contribution >= 0.6 is 0 Å². The molecular formula is C24H31NO7. The largest absolute Gasteiger partial charge is 0.493 e. The number of carbonyl (C=O) groups excluding carboxylic acids is 2. The van der Waals surface area contributed by atoms with Crippen molar-refractivity contribution in [3.05, 3.63) is 47.5 Å². The van der Waals surface area contributed by atoms with Gasteiger partial charge in [0.05, 0.1) is 21.3 Å². The van der Waals surface area contributed by atoms with E-state index in [2.05, 4.69) is 26.1 Å². The monoisotopic (exact) mass is 445 g/mol. The van der Waals surface area contributed by atoms with Gasteiger partial charge >= 0.3 is 5.97 Å². The number of methoxy groups -OCH3 is 3. The van der Waals surface area contributed by atoms with Crippen molar-refractivity contribution in [2.45, 2.75) is 26.2 Å². The maximum absolute atomic E-state index is 12.4. The predicted molar refractivity (Wildman–Crippen MR) is 120 cm³/mol. The summed E-state index contributed by atoms with van der Waals surface area (Å²) in [6, 6.07) is 10.8. The highest BCUT2D eigenvalue weighted by Gasteiger charge is 2.18. The van der Waals surface area contributed by atoms with E-state index in [1.54, 1.807) is 0 Å². The van der Waals surface area contributed by atoms with E-state index in [-0.39, 0.29) is 30.7 Å². The lowest BCUT2D eigenvalue weighted by atomic mass is 9.87. The van der Waals surface area contributed by atoms with Crippen LogP contribution in [0.4, 0.5) is 0 Å². The van der Waals surface area contributed by atoms with Crippen molar-refractivity contribution in [3.8, 4) is 23.0 Å². The molecule has 0 saturated carbocycles. The molecule has 0 radical (unpaired) electrons. The first kappa shape index (κ1) is 24.8. The topological polar surface area (TPSA) is 92.3 Å². The molecule has 0 aliphatic heterocycles. The molecule has 2 aromatic carbocycles. The van der Waals surface area contributed by atoms with Gasteiger partial charge in [-0.3, -0.25) is 9.59 Å². The highest BCUT2D eigenvalue weighted by molar-refractivity contribution is 5.97. The number of nitrogens with one attached hydrogen (secondary N) is 1. The third-order valence-corrected chi connectivity index (χ3v) is 4.66. The third-order valence-electron chi connectivity index (χ3n) is 4.66. The van der Waals surface area contributed by atoms with Crippen LogP contribution in [0.3, 0.4) is 0 Å². The van der Waals surface area contributed by atoms with Crippen molar-refractivity contribution in [2.75, 3.05) is 41.1 Å². The minimum atomic E-state index is -0.572. The lowest BCUT2D eigenvalue weighted by Crippen LogP contribution is -2.31. The molecule has 0 aromatic heterocycles. The Balaban J connectivity index is 1.79. The van der Waals surface area contributed by atoms with Crippen molar-refractivity contribution in [2.24, 2.45) is 0 Å². The zero-order valence-electron chi connectivity index (χ0n) is 19.4. The van der Waals surface area contributed by atoms with Crippen molar-refractivity contribution in [1.29, 1.82) is 0 Å². The quantitative estimate of drug-likeness (QED) is 0.443. The molecule has 0 atom stereocenters. The van der Waals surface area contributed by atoms with Crippen LogP contribution in [0.25, 0.3) is 0 Å².